The Hall–Kier alpha value is -4.02. The third kappa shape index (κ3) is 3.79. The van der Waals surface area contributed by atoms with Crippen molar-refractivity contribution in [2.75, 3.05) is 0 Å². The van der Waals surface area contributed by atoms with E-state index >= 15 is 0 Å². The largest absolute Gasteiger partial charge is 0.326 e. The molecule has 0 aliphatic heterocycles. The first kappa shape index (κ1) is 24.3. The van der Waals surface area contributed by atoms with E-state index in [0.717, 1.165) is 16.7 Å². The van der Waals surface area contributed by atoms with Gasteiger partial charge in [0.15, 0.2) is 0 Å². The Morgan fingerprint density at radius 3 is 1.18 bits per heavy atom. The van der Waals surface area contributed by atoms with E-state index in [0.29, 0.717) is 19.6 Å². The van der Waals surface area contributed by atoms with E-state index in [1.165, 1.54) is 38.9 Å². The summed E-state index contributed by atoms with van der Waals surface area (Å²) < 4.78 is 0. The van der Waals surface area contributed by atoms with Crippen LogP contribution in [-0.4, -0.2) is 0 Å². The molecule has 5 aromatic rings. The summed E-state index contributed by atoms with van der Waals surface area (Å²) in [7, 11) is 0. The van der Waals surface area contributed by atoms with Crippen molar-refractivity contribution in [3.8, 4) is 11.1 Å². The van der Waals surface area contributed by atoms with Gasteiger partial charge < -0.3 is 17.2 Å². The van der Waals surface area contributed by atoms with Gasteiger partial charge in [0.2, 0.25) is 0 Å². The van der Waals surface area contributed by atoms with Crippen molar-refractivity contribution < 1.29 is 0 Å². The van der Waals surface area contributed by atoms with Crippen molar-refractivity contribution in [3.63, 3.8) is 0 Å². The zero-order chi connectivity index (χ0) is 26.1. The zero-order valence-corrected chi connectivity index (χ0v) is 21.5. The van der Waals surface area contributed by atoms with Crippen LogP contribution in [0.1, 0.15) is 50.4 Å². The van der Waals surface area contributed by atoms with Gasteiger partial charge >= 0.3 is 0 Å². The fraction of sp³-hybridized carbons (Fsp3) is 0.143. The third-order valence-electron chi connectivity index (χ3n) is 8.12. The highest BCUT2D eigenvalue weighted by atomic mass is 14.6. The lowest BCUT2D eigenvalue weighted by Gasteiger charge is -2.43. The molecule has 0 fully saturated rings. The quantitative estimate of drug-likeness (QED) is 0.235. The highest BCUT2D eigenvalue weighted by molar-refractivity contribution is 5.81. The molecule has 0 amide bonds. The normalized spacial score (nSPS) is 12.8. The highest BCUT2D eigenvalue weighted by Gasteiger charge is 2.49. The van der Waals surface area contributed by atoms with Gasteiger partial charge in [0, 0.05) is 25.6 Å². The number of benzene rings is 5. The molecule has 0 heterocycles. The molecule has 5 aromatic carbocycles. The molecule has 0 radical (unpaired) electrons. The molecule has 188 valence electrons. The molecule has 0 bridgehead atoms. The molecule has 0 unspecified atom stereocenters. The molecule has 0 spiro atoms. The maximum absolute atomic E-state index is 6.20. The van der Waals surface area contributed by atoms with E-state index < -0.39 is 5.41 Å². The molecule has 1 aliphatic rings. The first-order chi connectivity index (χ1) is 18.7. The van der Waals surface area contributed by atoms with Gasteiger partial charge in [-0.1, -0.05) is 121 Å². The van der Waals surface area contributed by atoms with Crippen molar-refractivity contribution in [1.29, 1.82) is 0 Å². The predicted molar refractivity (Wildman–Crippen MR) is 157 cm³/mol. The smallest absolute Gasteiger partial charge is 0.0560 e. The summed E-state index contributed by atoms with van der Waals surface area (Å²) in [4.78, 5) is 0. The lowest BCUT2D eigenvalue weighted by atomic mass is 9.58. The van der Waals surface area contributed by atoms with Crippen LogP contribution < -0.4 is 17.2 Å². The summed E-state index contributed by atoms with van der Waals surface area (Å²) in [6.07, 6.45) is 0. The minimum atomic E-state index is -0.551. The van der Waals surface area contributed by atoms with Crippen LogP contribution in [0.15, 0.2) is 121 Å². The monoisotopic (exact) mass is 495 g/mol. The van der Waals surface area contributed by atoms with Crippen molar-refractivity contribution in [3.05, 3.63) is 166 Å². The first-order valence-corrected chi connectivity index (χ1v) is 13.3. The summed E-state index contributed by atoms with van der Waals surface area (Å²) in [5.74, 6) is 0.0315. The maximum Gasteiger partial charge on any atom is 0.0560 e. The molecule has 6 N–H and O–H groups in total. The molecule has 6 rings (SSSR count). The second-order valence-electron chi connectivity index (χ2n) is 10.1. The van der Waals surface area contributed by atoms with E-state index in [-0.39, 0.29) is 5.92 Å². The molecule has 0 aromatic heterocycles. The Balaban J connectivity index is 1.80. The van der Waals surface area contributed by atoms with E-state index in [9.17, 15) is 0 Å². The number of nitrogens with two attached hydrogens (primary N) is 3. The fourth-order valence-corrected chi connectivity index (χ4v) is 6.45. The molecule has 0 atom stereocenters. The summed E-state index contributed by atoms with van der Waals surface area (Å²) in [6.45, 7) is 1.44. The second-order valence-corrected chi connectivity index (χ2v) is 10.1. The van der Waals surface area contributed by atoms with Crippen LogP contribution in [0.4, 0.5) is 0 Å². The van der Waals surface area contributed by atoms with Gasteiger partial charge in [-0.2, -0.15) is 0 Å². The van der Waals surface area contributed by atoms with Crippen LogP contribution in [-0.2, 0) is 25.0 Å². The molecule has 1 aliphatic carbocycles. The van der Waals surface area contributed by atoms with Gasteiger partial charge in [-0.25, -0.2) is 0 Å². The van der Waals surface area contributed by atoms with Crippen LogP contribution >= 0.6 is 0 Å². The van der Waals surface area contributed by atoms with Gasteiger partial charge in [-0.15, -0.1) is 0 Å². The summed E-state index contributed by atoms with van der Waals surface area (Å²) in [5.41, 5.74) is 30.2. The summed E-state index contributed by atoms with van der Waals surface area (Å²) >= 11 is 0. The highest BCUT2D eigenvalue weighted by Crippen LogP contribution is 2.59. The van der Waals surface area contributed by atoms with E-state index in [1.54, 1.807) is 0 Å². The fourth-order valence-electron chi connectivity index (χ4n) is 6.45. The van der Waals surface area contributed by atoms with Gasteiger partial charge in [0.25, 0.3) is 0 Å². The standard InChI is InChI=1S/C35H33N3/c36-21-24-8-5-11-27(18-24)35(28-12-6-9-25(19-28)22-37,29-13-7-10-26(20-29)23-38)34-32-16-3-1-14-30(32)31-15-2-4-17-33(31)34/h1-20,34H,21-23,36-38H2. The predicted octanol–water partition coefficient (Wildman–Crippen LogP) is 6.21. The van der Waals surface area contributed by atoms with Gasteiger partial charge in [-0.3, -0.25) is 0 Å². The molecule has 0 saturated carbocycles. The minimum Gasteiger partial charge on any atom is -0.326 e. The lowest BCUT2D eigenvalue weighted by Crippen LogP contribution is -2.37. The Morgan fingerprint density at radius 1 is 0.447 bits per heavy atom. The molecular formula is C35H33N3. The first-order valence-electron chi connectivity index (χ1n) is 13.3. The van der Waals surface area contributed by atoms with E-state index in [4.69, 9.17) is 17.2 Å². The van der Waals surface area contributed by atoms with Gasteiger partial charge in [0.05, 0.1) is 5.41 Å². The lowest BCUT2D eigenvalue weighted by molar-refractivity contribution is 0.544. The Labute approximate surface area is 224 Å². The van der Waals surface area contributed by atoms with Gasteiger partial charge in [-0.05, 0) is 55.6 Å². The van der Waals surface area contributed by atoms with Crippen LogP contribution in [0.2, 0.25) is 0 Å². The third-order valence-corrected chi connectivity index (χ3v) is 8.12. The average molecular weight is 496 g/mol. The number of rotatable bonds is 7. The molecule has 3 heteroatoms. The van der Waals surface area contributed by atoms with Crippen molar-refractivity contribution in [2.24, 2.45) is 17.2 Å². The summed E-state index contributed by atoms with van der Waals surface area (Å²) in [6, 6.07) is 44.0. The van der Waals surface area contributed by atoms with Crippen molar-refractivity contribution in [2.45, 2.75) is 31.0 Å². The van der Waals surface area contributed by atoms with Crippen LogP contribution in [0, 0.1) is 0 Å². The maximum atomic E-state index is 6.20. The zero-order valence-electron chi connectivity index (χ0n) is 21.5. The minimum absolute atomic E-state index is 0.0315. The van der Waals surface area contributed by atoms with Crippen molar-refractivity contribution in [1.82, 2.24) is 0 Å². The average Bonchev–Trinajstić information content (AvgIpc) is 3.33. The van der Waals surface area contributed by atoms with E-state index in [1.807, 2.05) is 0 Å². The number of fused-ring (bicyclic) bond motifs is 3. The Bertz CT molecular complexity index is 1440. The number of hydrogen-bond donors (Lipinski definition) is 3. The second kappa shape index (κ2) is 10.0. The topological polar surface area (TPSA) is 78.1 Å². The van der Waals surface area contributed by atoms with Crippen LogP contribution in [0.25, 0.3) is 11.1 Å². The van der Waals surface area contributed by atoms with Crippen molar-refractivity contribution >= 4 is 0 Å². The van der Waals surface area contributed by atoms with Gasteiger partial charge in [0.1, 0.15) is 0 Å². The number of hydrogen-bond acceptors (Lipinski definition) is 3. The Kier molecular flexibility index (Phi) is 6.42. The Morgan fingerprint density at radius 2 is 0.816 bits per heavy atom. The van der Waals surface area contributed by atoms with Crippen LogP contribution in [0.5, 0.6) is 0 Å². The van der Waals surface area contributed by atoms with Crippen LogP contribution in [0.3, 0.4) is 0 Å². The molecular weight excluding hydrogens is 462 g/mol. The summed E-state index contributed by atoms with van der Waals surface area (Å²) in [5, 5.41) is 0. The molecule has 38 heavy (non-hydrogen) atoms. The van der Waals surface area contributed by atoms with E-state index in [2.05, 4.69) is 121 Å². The molecule has 0 saturated heterocycles. The SMILES string of the molecule is NCc1cccc(C(c2cccc(CN)c2)(c2cccc(CN)c2)C2c3ccccc3-c3ccccc32)c1. The molecule has 3 nitrogen and oxygen atoms in total.